The van der Waals surface area contributed by atoms with E-state index >= 15 is 0 Å². The summed E-state index contributed by atoms with van der Waals surface area (Å²) in [5.74, 6) is -1.53. The average molecular weight is 206 g/mol. The van der Waals surface area contributed by atoms with Gasteiger partial charge in [0.2, 0.25) is 0 Å². The van der Waals surface area contributed by atoms with Gasteiger partial charge in [0.05, 0.1) is 5.52 Å². The molecular weight excluding hydrogens is 200 g/mol. The summed E-state index contributed by atoms with van der Waals surface area (Å²) >= 11 is 0. The van der Waals surface area contributed by atoms with Crippen LogP contribution in [0.1, 0.15) is 10.5 Å². The number of aromatic carboxylic acids is 1. The van der Waals surface area contributed by atoms with Crippen LogP contribution in [0.4, 0.5) is 0 Å². The number of carbonyl (C=O) groups is 1. The Morgan fingerprint density at radius 1 is 1.40 bits per heavy atom. The molecule has 0 amide bonds. The molecular formula is C9H6N2O4. The molecule has 0 aromatic carbocycles. The maximum absolute atomic E-state index is 11.0. The van der Waals surface area contributed by atoms with E-state index in [1.807, 2.05) is 0 Å². The zero-order valence-corrected chi connectivity index (χ0v) is 7.39. The van der Waals surface area contributed by atoms with Crippen LogP contribution in [0.5, 0.6) is 5.75 Å². The van der Waals surface area contributed by atoms with Crippen molar-refractivity contribution >= 4 is 17.0 Å². The van der Waals surface area contributed by atoms with Crippen LogP contribution in [0.25, 0.3) is 11.0 Å². The minimum absolute atomic E-state index is 0.0644. The molecule has 15 heavy (non-hydrogen) atoms. The van der Waals surface area contributed by atoms with Crippen LogP contribution >= 0.6 is 0 Å². The number of aromatic nitrogens is 2. The molecule has 2 heterocycles. The van der Waals surface area contributed by atoms with Gasteiger partial charge in [0.1, 0.15) is 17.0 Å². The Hall–Kier alpha value is -2.37. The van der Waals surface area contributed by atoms with E-state index < -0.39 is 11.5 Å². The summed E-state index contributed by atoms with van der Waals surface area (Å²) in [7, 11) is 0. The Labute approximate surface area is 82.8 Å². The number of nitrogens with one attached hydrogen (secondary N) is 1. The van der Waals surface area contributed by atoms with Crippen LogP contribution in [0.15, 0.2) is 23.0 Å². The first-order valence-corrected chi connectivity index (χ1v) is 4.04. The van der Waals surface area contributed by atoms with E-state index in [0.717, 1.165) is 6.07 Å². The van der Waals surface area contributed by atoms with E-state index in [0.29, 0.717) is 5.52 Å². The SMILES string of the molecule is O=C(O)c1ccc2[nH]c(=O)cc(O)c2n1. The Balaban J connectivity index is 2.82. The number of rotatable bonds is 1. The van der Waals surface area contributed by atoms with Crippen LogP contribution in [0.2, 0.25) is 0 Å². The second-order valence-corrected chi connectivity index (χ2v) is 2.92. The van der Waals surface area contributed by atoms with Gasteiger partial charge >= 0.3 is 5.97 Å². The Bertz CT molecular complexity index is 603. The molecule has 0 radical (unpaired) electrons. The van der Waals surface area contributed by atoms with Crippen LogP contribution in [0, 0.1) is 0 Å². The molecule has 0 aliphatic rings. The van der Waals surface area contributed by atoms with Crippen molar-refractivity contribution in [3.05, 3.63) is 34.2 Å². The van der Waals surface area contributed by atoms with Gasteiger partial charge in [-0.15, -0.1) is 0 Å². The van der Waals surface area contributed by atoms with Crippen molar-refractivity contribution < 1.29 is 15.0 Å². The third-order valence-corrected chi connectivity index (χ3v) is 1.88. The third-order valence-electron chi connectivity index (χ3n) is 1.88. The topological polar surface area (TPSA) is 103 Å². The van der Waals surface area contributed by atoms with Gasteiger partial charge in [-0.05, 0) is 12.1 Å². The summed E-state index contributed by atoms with van der Waals surface area (Å²) in [5.41, 5.74) is -0.297. The quantitative estimate of drug-likeness (QED) is 0.623. The number of aromatic hydroxyl groups is 1. The molecule has 0 spiro atoms. The van der Waals surface area contributed by atoms with Gasteiger partial charge in [0.25, 0.3) is 5.56 Å². The summed E-state index contributed by atoms with van der Waals surface area (Å²) in [6.07, 6.45) is 0. The Kier molecular flexibility index (Phi) is 1.89. The van der Waals surface area contributed by atoms with Gasteiger partial charge in [-0.3, -0.25) is 4.79 Å². The predicted octanol–water partition coefficient (Wildman–Crippen LogP) is 0.327. The number of hydrogen-bond acceptors (Lipinski definition) is 4. The van der Waals surface area contributed by atoms with Crippen molar-refractivity contribution in [3.63, 3.8) is 0 Å². The standard InChI is InChI=1S/C9H6N2O4/c12-6-3-7(13)10-4-1-2-5(9(14)15)11-8(4)6/h1-3H,(H,14,15)(H2,10,12,13). The zero-order chi connectivity index (χ0) is 11.0. The number of hydrogen-bond donors (Lipinski definition) is 3. The molecule has 0 fully saturated rings. The maximum Gasteiger partial charge on any atom is 0.354 e. The Morgan fingerprint density at radius 2 is 2.13 bits per heavy atom. The van der Waals surface area contributed by atoms with Crippen LogP contribution in [-0.4, -0.2) is 26.2 Å². The highest BCUT2D eigenvalue weighted by atomic mass is 16.4. The lowest BCUT2D eigenvalue weighted by molar-refractivity contribution is 0.0691. The lowest BCUT2D eigenvalue weighted by atomic mass is 10.2. The fourth-order valence-corrected chi connectivity index (χ4v) is 1.24. The highest BCUT2D eigenvalue weighted by molar-refractivity contribution is 5.90. The number of H-pyrrole nitrogens is 1. The molecule has 2 aromatic heterocycles. The highest BCUT2D eigenvalue weighted by Gasteiger charge is 2.08. The minimum Gasteiger partial charge on any atom is -0.505 e. The van der Waals surface area contributed by atoms with Gasteiger partial charge in [-0.25, -0.2) is 9.78 Å². The molecule has 2 rings (SSSR count). The largest absolute Gasteiger partial charge is 0.505 e. The molecule has 76 valence electrons. The van der Waals surface area contributed by atoms with Crippen molar-refractivity contribution in [2.75, 3.05) is 0 Å². The summed E-state index contributed by atoms with van der Waals surface area (Å²) in [6.45, 7) is 0. The van der Waals surface area contributed by atoms with E-state index in [1.54, 1.807) is 0 Å². The summed E-state index contributed by atoms with van der Waals surface area (Å²) in [4.78, 5) is 27.7. The minimum atomic E-state index is -1.19. The number of carboxylic acids is 1. The second kappa shape index (κ2) is 3.09. The zero-order valence-electron chi connectivity index (χ0n) is 7.39. The molecule has 6 nitrogen and oxygen atoms in total. The number of fused-ring (bicyclic) bond motifs is 1. The molecule has 2 aromatic rings. The van der Waals surface area contributed by atoms with Crippen LogP contribution in [0.3, 0.4) is 0 Å². The molecule has 0 atom stereocenters. The molecule has 0 saturated carbocycles. The molecule has 3 N–H and O–H groups in total. The lowest BCUT2D eigenvalue weighted by Crippen LogP contribution is -2.06. The fraction of sp³-hybridized carbons (Fsp3) is 0. The van der Waals surface area contributed by atoms with E-state index in [2.05, 4.69) is 9.97 Å². The van der Waals surface area contributed by atoms with Crippen LogP contribution < -0.4 is 5.56 Å². The van der Waals surface area contributed by atoms with E-state index in [4.69, 9.17) is 5.11 Å². The number of pyridine rings is 2. The van der Waals surface area contributed by atoms with Crippen molar-refractivity contribution in [2.24, 2.45) is 0 Å². The lowest BCUT2D eigenvalue weighted by Gasteiger charge is -2.00. The van der Waals surface area contributed by atoms with E-state index in [1.165, 1.54) is 12.1 Å². The van der Waals surface area contributed by atoms with Crippen molar-refractivity contribution in [1.29, 1.82) is 0 Å². The second-order valence-electron chi connectivity index (χ2n) is 2.92. The van der Waals surface area contributed by atoms with E-state index in [9.17, 15) is 14.7 Å². The first-order valence-electron chi connectivity index (χ1n) is 4.04. The molecule has 0 unspecified atom stereocenters. The average Bonchev–Trinajstić information content (AvgIpc) is 2.16. The van der Waals surface area contributed by atoms with Crippen molar-refractivity contribution in [3.8, 4) is 5.75 Å². The normalized spacial score (nSPS) is 10.4. The number of aromatic amines is 1. The van der Waals surface area contributed by atoms with Gasteiger partial charge in [0, 0.05) is 6.07 Å². The number of carboxylic acid groups (broad SMARTS) is 1. The highest BCUT2D eigenvalue weighted by Crippen LogP contribution is 2.18. The number of nitrogens with zero attached hydrogens (tertiary/aromatic N) is 1. The summed E-state index contributed by atoms with van der Waals surface area (Å²) in [6, 6.07) is 3.58. The molecule has 0 aliphatic heterocycles. The fourth-order valence-electron chi connectivity index (χ4n) is 1.24. The maximum atomic E-state index is 11.0. The third kappa shape index (κ3) is 1.52. The molecule has 0 saturated heterocycles. The molecule has 0 bridgehead atoms. The molecule has 0 aliphatic carbocycles. The summed E-state index contributed by atoms with van der Waals surface area (Å²) < 4.78 is 0. The first-order chi connectivity index (χ1) is 7.08. The van der Waals surface area contributed by atoms with Gasteiger partial charge < -0.3 is 15.2 Å². The van der Waals surface area contributed by atoms with Gasteiger partial charge in [0.15, 0.2) is 0 Å². The van der Waals surface area contributed by atoms with Crippen molar-refractivity contribution in [1.82, 2.24) is 9.97 Å². The van der Waals surface area contributed by atoms with Gasteiger partial charge in [-0.1, -0.05) is 0 Å². The molecule has 6 heteroatoms. The Morgan fingerprint density at radius 3 is 2.80 bits per heavy atom. The first kappa shape index (κ1) is 9.20. The van der Waals surface area contributed by atoms with Gasteiger partial charge in [-0.2, -0.15) is 0 Å². The summed E-state index contributed by atoms with van der Waals surface area (Å²) in [5, 5.41) is 18.1. The van der Waals surface area contributed by atoms with E-state index in [-0.39, 0.29) is 17.0 Å². The van der Waals surface area contributed by atoms with Crippen LogP contribution in [-0.2, 0) is 0 Å². The monoisotopic (exact) mass is 206 g/mol. The predicted molar refractivity (Wildman–Crippen MR) is 51.0 cm³/mol. The smallest absolute Gasteiger partial charge is 0.354 e. The van der Waals surface area contributed by atoms with Crippen molar-refractivity contribution in [2.45, 2.75) is 0 Å².